The lowest BCUT2D eigenvalue weighted by Gasteiger charge is -2.13. The van der Waals surface area contributed by atoms with Gasteiger partial charge in [0, 0.05) is 37.8 Å². The first kappa shape index (κ1) is 12.2. The van der Waals surface area contributed by atoms with Crippen LogP contribution < -0.4 is 5.73 Å². The summed E-state index contributed by atoms with van der Waals surface area (Å²) in [4.78, 5) is 10.8. The quantitative estimate of drug-likeness (QED) is 0.829. The van der Waals surface area contributed by atoms with Crippen molar-refractivity contribution in [3.05, 3.63) is 34.8 Å². The molecule has 17 heavy (non-hydrogen) atoms. The molecular weight excluding hydrogens is 234 g/mol. The molecule has 0 amide bonds. The fourth-order valence-corrected chi connectivity index (χ4v) is 2.23. The third kappa shape index (κ3) is 3.62. The predicted octanol–water partition coefficient (Wildman–Crippen LogP) is 0.930. The number of nitrogens with two attached hydrogens (primary N) is 1. The van der Waals surface area contributed by atoms with E-state index in [-0.39, 0.29) is 0 Å². The Labute approximate surface area is 105 Å². The van der Waals surface area contributed by atoms with Crippen LogP contribution in [-0.2, 0) is 19.6 Å². The van der Waals surface area contributed by atoms with Crippen LogP contribution in [0.1, 0.15) is 11.4 Å². The minimum Gasteiger partial charge on any atom is -0.336 e. The molecule has 92 valence electrons. The molecule has 0 radical (unpaired) electrons. The van der Waals surface area contributed by atoms with Crippen molar-refractivity contribution in [3.63, 3.8) is 0 Å². The molecule has 5 nitrogen and oxygen atoms in total. The van der Waals surface area contributed by atoms with Gasteiger partial charge in [0.05, 0.1) is 23.2 Å². The molecule has 0 fully saturated rings. The Morgan fingerprint density at radius 2 is 2.18 bits per heavy atom. The van der Waals surface area contributed by atoms with Gasteiger partial charge < -0.3 is 10.3 Å². The average molecular weight is 251 g/mol. The van der Waals surface area contributed by atoms with Crippen LogP contribution in [0.25, 0.3) is 0 Å². The fraction of sp³-hybridized carbons (Fsp3) is 0.455. The third-order valence-electron chi connectivity index (χ3n) is 2.42. The van der Waals surface area contributed by atoms with Crippen LogP contribution >= 0.6 is 11.3 Å². The summed E-state index contributed by atoms with van der Waals surface area (Å²) < 4.78 is 2.02. The van der Waals surface area contributed by atoms with Crippen LogP contribution in [-0.4, -0.2) is 33.0 Å². The molecule has 0 aliphatic heterocycles. The van der Waals surface area contributed by atoms with Gasteiger partial charge in [-0.15, -0.1) is 11.3 Å². The van der Waals surface area contributed by atoms with Crippen molar-refractivity contribution in [3.8, 4) is 0 Å². The summed E-state index contributed by atoms with van der Waals surface area (Å²) in [6.07, 6.45) is 3.88. The molecule has 0 saturated heterocycles. The van der Waals surface area contributed by atoms with Crippen LogP contribution in [0, 0.1) is 0 Å². The Bertz CT molecular complexity index is 436. The highest BCUT2D eigenvalue weighted by Gasteiger charge is 2.05. The highest BCUT2D eigenvalue weighted by atomic mass is 32.1. The van der Waals surface area contributed by atoms with Crippen molar-refractivity contribution >= 4 is 11.3 Å². The van der Waals surface area contributed by atoms with Crippen LogP contribution in [0.2, 0.25) is 0 Å². The third-order valence-corrected chi connectivity index (χ3v) is 3.06. The van der Waals surface area contributed by atoms with Crippen molar-refractivity contribution in [2.45, 2.75) is 19.6 Å². The molecule has 0 saturated carbocycles. The highest BCUT2D eigenvalue weighted by Crippen LogP contribution is 2.07. The van der Waals surface area contributed by atoms with E-state index in [0.717, 1.165) is 31.0 Å². The van der Waals surface area contributed by atoms with Crippen LogP contribution in [0.3, 0.4) is 0 Å². The van der Waals surface area contributed by atoms with E-state index >= 15 is 0 Å². The van der Waals surface area contributed by atoms with Gasteiger partial charge in [0.2, 0.25) is 0 Å². The summed E-state index contributed by atoms with van der Waals surface area (Å²) in [5, 5.41) is 2.07. The summed E-state index contributed by atoms with van der Waals surface area (Å²) in [7, 11) is 2.07. The zero-order valence-corrected chi connectivity index (χ0v) is 10.7. The topological polar surface area (TPSA) is 60.0 Å². The molecule has 0 atom stereocenters. The van der Waals surface area contributed by atoms with Gasteiger partial charge in [-0.3, -0.25) is 4.90 Å². The molecule has 0 unspecified atom stereocenters. The first-order chi connectivity index (χ1) is 8.28. The Kier molecular flexibility index (Phi) is 4.24. The summed E-state index contributed by atoms with van der Waals surface area (Å²) in [6.45, 7) is 3.15. The van der Waals surface area contributed by atoms with Crippen LogP contribution in [0.15, 0.2) is 23.4 Å². The molecule has 2 rings (SSSR count). The Morgan fingerprint density at radius 3 is 2.88 bits per heavy atom. The van der Waals surface area contributed by atoms with Crippen molar-refractivity contribution in [2.75, 3.05) is 13.6 Å². The van der Waals surface area contributed by atoms with E-state index in [1.807, 2.05) is 22.6 Å². The van der Waals surface area contributed by atoms with Crippen molar-refractivity contribution < 1.29 is 0 Å². The van der Waals surface area contributed by atoms with Gasteiger partial charge in [-0.25, -0.2) is 9.97 Å². The maximum Gasteiger partial charge on any atom is 0.0950 e. The minimum atomic E-state index is 0.643. The van der Waals surface area contributed by atoms with E-state index < -0.39 is 0 Å². The lowest BCUT2D eigenvalue weighted by molar-refractivity contribution is 0.312. The molecule has 0 aromatic carbocycles. The van der Waals surface area contributed by atoms with Crippen molar-refractivity contribution in [1.82, 2.24) is 19.4 Å². The van der Waals surface area contributed by atoms with Gasteiger partial charge in [-0.1, -0.05) is 0 Å². The smallest absolute Gasteiger partial charge is 0.0950 e. The number of hydrogen-bond acceptors (Lipinski definition) is 5. The largest absolute Gasteiger partial charge is 0.336 e. The Morgan fingerprint density at radius 1 is 1.35 bits per heavy atom. The number of rotatable bonds is 6. The van der Waals surface area contributed by atoms with E-state index in [4.69, 9.17) is 5.73 Å². The lowest BCUT2D eigenvalue weighted by atomic mass is 10.4. The van der Waals surface area contributed by atoms with Crippen LogP contribution in [0.4, 0.5) is 0 Å². The lowest BCUT2D eigenvalue weighted by Crippen LogP contribution is -2.17. The summed E-state index contributed by atoms with van der Waals surface area (Å²) in [5.74, 6) is 0. The molecule has 0 bridgehead atoms. The maximum atomic E-state index is 5.50. The second-order valence-corrected chi connectivity index (χ2v) is 4.76. The first-order valence-corrected chi connectivity index (χ1v) is 6.48. The fourth-order valence-electron chi connectivity index (χ4n) is 1.68. The number of imidazole rings is 1. The van der Waals surface area contributed by atoms with Crippen molar-refractivity contribution in [2.24, 2.45) is 5.73 Å². The standard InChI is InChI=1S/C11H17N5S/c1-15(5-11-7-17-9-14-11)4-10-6-16(3-2-12)8-13-10/h6-9H,2-5,12H2,1H3. The maximum absolute atomic E-state index is 5.50. The van der Waals surface area contributed by atoms with Gasteiger partial charge >= 0.3 is 0 Å². The van der Waals surface area contributed by atoms with Gasteiger partial charge in [0.1, 0.15) is 0 Å². The number of nitrogens with zero attached hydrogens (tertiary/aromatic N) is 4. The summed E-state index contributed by atoms with van der Waals surface area (Å²) >= 11 is 1.63. The first-order valence-electron chi connectivity index (χ1n) is 5.54. The van der Waals surface area contributed by atoms with E-state index in [1.54, 1.807) is 11.3 Å². The molecule has 0 aliphatic carbocycles. The zero-order valence-electron chi connectivity index (χ0n) is 9.91. The second kappa shape index (κ2) is 5.90. The summed E-state index contributed by atoms with van der Waals surface area (Å²) in [5.41, 5.74) is 9.53. The normalized spacial score (nSPS) is 11.2. The van der Waals surface area contributed by atoms with E-state index in [0.29, 0.717) is 6.54 Å². The SMILES string of the molecule is CN(Cc1cscn1)Cc1cn(CCN)cn1. The second-order valence-electron chi connectivity index (χ2n) is 4.04. The van der Waals surface area contributed by atoms with E-state index in [1.165, 1.54) is 0 Å². The number of aromatic nitrogens is 3. The minimum absolute atomic E-state index is 0.643. The number of thiazole rings is 1. The van der Waals surface area contributed by atoms with E-state index in [9.17, 15) is 0 Å². The summed E-state index contributed by atoms with van der Waals surface area (Å²) in [6, 6.07) is 0. The molecule has 2 N–H and O–H groups in total. The van der Waals surface area contributed by atoms with Gasteiger partial charge in [0.25, 0.3) is 0 Å². The number of hydrogen-bond donors (Lipinski definition) is 1. The monoisotopic (exact) mass is 251 g/mol. The van der Waals surface area contributed by atoms with Crippen molar-refractivity contribution in [1.29, 1.82) is 0 Å². The molecule has 0 spiro atoms. The Balaban J connectivity index is 1.86. The Hall–Kier alpha value is -1.24. The van der Waals surface area contributed by atoms with Crippen LogP contribution in [0.5, 0.6) is 0 Å². The molecule has 6 heteroatoms. The molecule has 0 aliphatic rings. The molecule has 2 heterocycles. The highest BCUT2D eigenvalue weighted by molar-refractivity contribution is 7.07. The van der Waals surface area contributed by atoms with Gasteiger partial charge in [-0.2, -0.15) is 0 Å². The van der Waals surface area contributed by atoms with E-state index in [2.05, 4.69) is 27.3 Å². The zero-order chi connectivity index (χ0) is 12.1. The molecule has 2 aromatic rings. The van der Waals surface area contributed by atoms with Gasteiger partial charge in [-0.05, 0) is 7.05 Å². The molecule has 2 aromatic heterocycles. The predicted molar refractivity (Wildman–Crippen MR) is 68.6 cm³/mol. The van der Waals surface area contributed by atoms with Gasteiger partial charge in [0.15, 0.2) is 0 Å². The average Bonchev–Trinajstić information content (AvgIpc) is 2.91. The molecular formula is C11H17N5S.